The highest BCUT2D eigenvalue weighted by Gasteiger charge is 2.28. The predicted octanol–water partition coefficient (Wildman–Crippen LogP) is 6.55. The summed E-state index contributed by atoms with van der Waals surface area (Å²) in [6.07, 6.45) is 0.431. The van der Waals surface area contributed by atoms with Crippen LogP contribution in [0.3, 0.4) is 0 Å². The van der Waals surface area contributed by atoms with Crippen molar-refractivity contribution in [1.82, 2.24) is 0 Å². The number of benzene rings is 4. The third-order valence-electron chi connectivity index (χ3n) is 5.62. The Morgan fingerprint density at radius 2 is 1.67 bits per heavy atom. The summed E-state index contributed by atoms with van der Waals surface area (Å²) in [6, 6.07) is 28.1. The minimum absolute atomic E-state index is 0.0115. The van der Waals surface area contributed by atoms with E-state index in [4.69, 9.17) is 16.3 Å². The Morgan fingerprint density at radius 1 is 0.900 bits per heavy atom. The Morgan fingerprint density at radius 3 is 2.50 bits per heavy atom. The van der Waals surface area contributed by atoms with E-state index in [9.17, 15) is 4.79 Å². The molecule has 1 atom stereocenters. The first-order valence-corrected chi connectivity index (χ1v) is 10.3. The van der Waals surface area contributed by atoms with E-state index in [-0.39, 0.29) is 11.8 Å². The fourth-order valence-electron chi connectivity index (χ4n) is 4.13. The monoisotopic (exact) mass is 413 g/mol. The van der Waals surface area contributed by atoms with Crippen LogP contribution in [0.5, 0.6) is 5.75 Å². The Bertz CT molecular complexity index is 1230. The van der Waals surface area contributed by atoms with Crippen LogP contribution >= 0.6 is 11.6 Å². The van der Waals surface area contributed by atoms with E-state index in [1.165, 1.54) is 16.3 Å². The number of anilines is 1. The lowest BCUT2D eigenvalue weighted by molar-refractivity contribution is -0.116. The van der Waals surface area contributed by atoms with E-state index in [1.54, 1.807) is 0 Å². The zero-order valence-corrected chi connectivity index (χ0v) is 17.0. The minimum atomic E-state index is 0.0115. The van der Waals surface area contributed by atoms with Gasteiger partial charge in [-0.2, -0.15) is 0 Å². The zero-order chi connectivity index (χ0) is 20.5. The van der Waals surface area contributed by atoms with Gasteiger partial charge in [-0.05, 0) is 46.2 Å². The molecular formula is C26H20ClNO2. The van der Waals surface area contributed by atoms with Gasteiger partial charge >= 0.3 is 0 Å². The number of amides is 1. The van der Waals surface area contributed by atoms with Crippen molar-refractivity contribution in [2.24, 2.45) is 0 Å². The molecule has 0 bridgehead atoms. The van der Waals surface area contributed by atoms with Gasteiger partial charge in [0.05, 0.1) is 0 Å². The van der Waals surface area contributed by atoms with Crippen LogP contribution in [0.15, 0.2) is 84.9 Å². The fourth-order valence-corrected chi connectivity index (χ4v) is 4.32. The molecule has 0 aromatic heterocycles. The summed E-state index contributed by atoms with van der Waals surface area (Å²) in [6.45, 7) is 0.415. The summed E-state index contributed by atoms with van der Waals surface area (Å²) in [5.41, 5.74) is 4.13. The normalized spacial score (nSPS) is 15.5. The van der Waals surface area contributed by atoms with Crippen molar-refractivity contribution in [3.63, 3.8) is 0 Å². The highest BCUT2D eigenvalue weighted by molar-refractivity contribution is 6.31. The molecule has 1 aliphatic rings. The number of hydrogen-bond acceptors (Lipinski definition) is 2. The smallest absolute Gasteiger partial charge is 0.225 e. The van der Waals surface area contributed by atoms with Gasteiger partial charge in [0.15, 0.2) is 0 Å². The molecule has 0 saturated heterocycles. The van der Waals surface area contributed by atoms with Gasteiger partial charge in [0, 0.05) is 28.6 Å². The molecule has 148 valence electrons. The number of nitrogens with one attached hydrogen (secondary N) is 1. The Labute approximate surface area is 180 Å². The predicted molar refractivity (Wildman–Crippen MR) is 121 cm³/mol. The molecule has 4 aromatic carbocycles. The second-order valence-corrected chi connectivity index (χ2v) is 7.91. The van der Waals surface area contributed by atoms with E-state index < -0.39 is 0 Å². The largest absolute Gasteiger partial charge is 0.489 e. The standard InChI is InChI=1S/C26H20ClNO2/c27-23-8-4-2-6-19(23)16-30-20-12-9-18(10-13-20)22-15-25(29)28-24-14-11-17-5-1-3-7-21(17)26(22)24/h1-14,22H,15-16H2,(H,28,29). The Hall–Kier alpha value is -3.30. The van der Waals surface area contributed by atoms with Crippen molar-refractivity contribution < 1.29 is 9.53 Å². The van der Waals surface area contributed by atoms with E-state index in [2.05, 4.69) is 35.6 Å². The van der Waals surface area contributed by atoms with Crippen LogP contribution in [0.1, 0.15) is 29.0 Å². The third-order valence-corrected chi connectivity index (χ3v) is 5.99. The average molecular weight is 414 g/mol. The maximum Gasteiger partial charge on any atom is 0.225 e. The van der Waals surface area contributed by atoms with E-state index in [0.29, 0.717) is 18.1 Å². The number of ether oxygens (including phenoxy) is 1. The quantitative estimate of drug-likeness (QED) is 0.412. The average Bonchev–Trinajstić information content (AvgIpc) is 2.78. The number of carbonyl (C=O) groups is 1. The van der Waals surface area contributed by atoms with E-state index in [1.807, 2.05) is 54.6 Å². The van der Waals surface area contributed by atoms with Crippen molar-refractivity contribution >= 4 is 34.0 Å². The lowest BCUT2D eigenvalue weighted by Gasteiger charge is -2.27. The summed E-state index contributed by atoms with van der Waals surface area (Å²) in [5.74, 6) is 0.830. The summed E-state index contributed by atoms with van der Waals surface area (Å²) in [4.78, 5) is 12.4. The van der Waals surface area contributed by atoms with E-state index in [0.717, 1.165) is 22.6 Å². The maximum atomic E-state index is 12.4. The molecule has 1 unspecified atom stereocenters. The first kappa shape index (κ1) is 18.7. The first-order chi connectivity index (χ1) is 14.7. The lowest BCUT2D eigenvalue weighted by atomic mass is 9.82. The number of fused-ring (bicyclic) bond motifs is 3. The van der Waals surface area contributed by atoms with Gasteiger partial charge in [-0.15, -0.1) is 0 Å². The second kappa shape index (κ2) is 7.85. The molecule has 0 aliphatic carbocycles. The molecule has 0 saturated carbocycles. The molecule has 1 aliphatic heterocycles. The molecule has 1 N–H and O–H groups in total. The first-order valence-electron chi connectivity index (χ1n) is 9.97. The fraction of sp³-hybridized carbons (Fsp3) is 0.115. The van der Waals surface area contributed by atoms with Crippen LogP contribution in [-0.4, -0.2) is 5.91 Å². The molecule has 0 radical (unpaired) electrons. The highest BCUT2D eigenvalue weighted by atomic mass is 35.5. The lowest BCUT2D eigenvalue weighted by Crippen LogP contribution is -2.23. The van der Waals surface area contributed by atoms with Gasteiger partial charge in [-0.25, -0.2) is 0 Å². The molecule has 30 heavy (non-hydrogen) atoms. The molecule has 1 heterocycles. The molecule has 3 nitrogen and oxygen atoms in total. The second-order valence-electron chi connectivity index (χ2n) is 7.50. The zero-order valence-electron chi connectivity index (χ0n) is 16.3. The third kappa shape index (κ3) is 3.53. The van der Waals surface area contributed by atoms with Gasteiger partial charge in [0.1, 0.15) is 12.4 Å². The van der Waals surface area contributed by atoms with Crippen molar-refractivity contribution in [3.8, 4) is 5.75 Å². The van der Waals surface area contributed by atoms with Gasteiger partial charge in [0.2, 0.25) is 5.91 Å². The van der Waals surface area contributed by atoms with Crippen molar-refractivity contribution in [2.75, 3.05) is 5.32 Å². The number of halogens is 1. The summed E-state index contributed by atoms with van der Waals surface area (Å²) in [5, 5.41) is 6.09. The SMILES string of the molecule is O=C1CC(c2ccc(OCc3ccccc3Cl)cc2)c2c(ccc3ccccc23)N1. The van der Waals surface area contributed by atoms with Crippen molar-refractivity contribution in [2.45, 2.75) is 18.9 Å². The van der Waals surface area contributed by atoms with Crippen molar-refractivity contribution in [3.05, 3.63) is 107 Å². The van der Waals surface area contributed by atoms with Crippen LogP contribution in [0, 0.1) is 0 Å². The van der Waals surface area contributed by atoms with E-state index >= 15 is 0 Å². The van der Waals surface area contributed by atoms with Crippen LogP contribution in [0.4, 0.5) is 5.69 Å². The van der Waals surface area contributed by atoms with Crippen LogP contribution < -0.4 is 10.1 Å². The molecular weight excluding hydrogens is 394 g/mol. The number of hydrogen-bond donors (Lipinski definition) is 1. The van der Waals surface area contributed by atoms with Gasteiger partial charge in [-0.1, -0.05) is 72.3 Å². The molecule has 4 aromatic rings. The Kier molecular flexibility index (Phi) is 4.89. The molecule has 4 heteroatoms. The summed E-state index contributed by atoms with van der Waals surface area (Å²) < 4.78 is 5.91. The van der Waals surface area contributed by atoms with Crippen molar-refractivity contribution in [1.29, 1.82) is 0 Å². The number of rotatable bonds is 4. The van der Waals surface area contributed by atoms with Gasteiger partial charge < -0.3 is 10.1 Å². The highest BCUT2D eigenvalue weighted by Crippen LogP contribution is 2.41. The molecule has 0 fully saturated rings. The number of carbonyl (C=O) groups excluding carboxylic acids is 1. The van der Waals surface area contributed by atoms with Gasteiger partial charge in [-0.3, -0.25) is 4.79 Å². The van der Waals surface area contributed by atoms with Crippen LogP contribution in [0.2, 0.25) is 5.02 Å². The van der Waals surface area contributed by atoms with Gasteiger partial charge in [0.25, 0.3) is 0 Å². The summed E-state index contributed by atoms with van der Waals surface area (Å²) >= 11 is 6.21. The maximum absolute atomic E-state index is 12.4. The Balaban J connectivity index is 1.44. The van der Waals surface area contributed by atoms with Crippen LogP contribution in [0.25, 0.3) is 10.8 Å². The summed E-state index contributed by atoms with van der Waals surface area (Å²) in [7, 11) is 0. The van der Waals surface area contributed by atoms with Crippen LogP contribution in [-0.2, 0) is 11.4 Å². The molecule has 1 amide bonds. The topological polar surface area (TPSA) is 38.3 Å². The minimum Gasteiger partial charge on any atom is -0.489 e. The molecule has 5 rings (SSSR count). The molecule has 0 spiro atoms.